The average Bonchev–Trinajstić information content (AvgIpc) is 3.49. The van der Waals surface area contributed by atoms with Crippen LogP contribution in [-0.4, -0.2) is 49.6 Å². The molecule has 4 aliphatic rings. The van der Waals surface area contributed by atoms with Gasteiger partial charge in [-0.2, -0.15) is 0 Å². The normalized spacial score (nSPS) is 34.5. The zero-order chi connectivity index (χ0) is 22.1. The molecule has 2 aliphatic carbocycles. The summed E-state index contributed by atoms with van der Waals surface area (Å²) in [6.07, 6.45) is 4.63. The number of imide groups is 1. The first kappa shape index (κ1) is 20.2. The van der Waals surface area contributed by atoms with Crippen molar-refractivity contribution < 1.29 is 19.5 Å². The van der Waals surface area contributed by atoms with E-state index in [0.29, 0.717) is 0 Å². The largest absolute Gasteiger partial charge is 0.481 e. The van der Waals surface area contributed by atoms with Crippen molar-refractivity contribution in [3.05, 3.63) is 44.6 Å². The molecule has 8 nitrogen and oxygen atoms in total. The van der Waals surface area contributed by atoms with Gasteiger partial charge in [0, 0.05) is 41.4 Å². The number of rotatable bonds is 5. The van der Waals surface area contributed by atoms with E-state index in [9.17, 15) is 19.2 Å². The lowest BCUT2D eigenvalue weighted by Crippen LogP contribution is -2.42. The molecule has 2 saturated carbocycles. The second-order valence-electron chi connectivity index (χ2n) is 9.07. The lowest BCUT2D eigenvalue weighted by atomic mass is 9.68. The standard InChI is InChI=1S/C22H21N3O5S2/c26-12(27)4-2-6-25-20(28)15-10-7-11(16(15)21(25)29)17-14(10)13(9-3-1-5-23-8-9)18-19(31-17)24-22(30)32-18/h1,3,5,8,10-11,13-17H,2,4,6-7H2,(H,24,30)(H,26,27)/t10-,11-,13+,14-,15+,16-,17-/m1/s1. The number of carboxylic acid groups (broad SMARTS) is 1. The van der Waals surface area contributed by atoms with Crippen LogP contribution >= 0.6 is 23.1 Å². The average molecular weight is 472 g/mol. The minimum absolute atomic E-state index is 0.0196. The first-order valence-corrected chi connectivity index (χ1v) is 12.5. The molecule has 7 atom stereocenters. The van der Waals surface area contributed by atoms with Crippen LogP contribution in [0, 0.1) is 29.6 Å². The van der Waals surface area contributed by atoms with Gasteiger partial charge in [-0.15, -0.1) is 11.8 Å². The molecule has 0 radical (unpaired) electrons. The fraction of sp³-hybridized carbons (Fsp3) is 0.500. The highest BCUT2D eigenvalue weighted by Gasteiger charge is 2.69. The summed E-state index contributed by atoms with van der Waals surface area (Å²) in [5.74, 6) is -1.58. The molecule has 2 aromatic heterocycles. The summed E-state index contributed by atoms with van der Waals surface area (Å²) in [6.45, 7) is 0.172. The summed E-state index contributed by atoms with van der Waals surface area (Å²) >= 11 is 2.89. The summed E-state index contributed by atoms with van der Waals surface area (Å²) < 4.78 is 0. The second kappa shape index (κ2) is 7.28. The summed E-state index contributed by atoms with van der Waals surface area (Å²) in [4.78, 5) is 59.1. The highest BCUT2D eigenvalue weighted by atomic mass is 32.2. The van der Waals surface area contributed by atoms with E-state index in [1.165, 1.54) is 16.2 Å². The summed E-state index contributed by atoms with van der Waals surface area (Å²) in [5, 5.41) is 9.95. The molecule has 32 heavy (non-hydrogen) atoms. The van der Waals surface area contributed by atoms with Gasteiger partial charge in [0.05, 0.1) is 16.9 Å². The van der Waals surface area contributed by atoms with Crippen molar-refractivity contribution >= 4 is 40.9 Å². The number of amides is 2. The van der Waals surface area contributed by atoms with Crippen molar-refractivity contribution in [3.63, 3.8) is 0 Å². The third-order valence-corrected chi connectivity index (χ3v) is 10.2. The second-order valence-corrected chi connectivity index (χ2v) is 11.3. The molecule has 0 unspecified atom stereocenters. The van der Waals surface area contributed by atoms with Gasteiger partial charge < -0.3 is 10.1 Å². The number of nitrogens with zero attached hydrogens (tertiary/aromatic N) is 2. The zero-order valence-corrected chi connectivity index (χ0v) is 18.6. The van der Waals surface area contributed by atoms with Crippen molar-refractivity contribution in [1.82, 2.24) is 14.9 Å². The number of hydrogen-bond donors (Lipinski definition) is 2. The molecule has 2 bridgehead atoms. The van der Waals surface area contributed by atoms with E-state index < -0.39 is 5.97 Å². The van der Waals surface area contributed by atoms with E-state index in [-0.39, 0.29) is 76.8 Å². The Kier molecular flexibility index (Phi) is 4.59. The fourth-order valence-corrected chi connectivity index (χ4v) is 9.51. The molecule has 6 rings (SSSR count). The van der Waals surface area contributed by atoms with Crippen molar-refractivity contribution in [2.75, 3.05) is 6.54 Å². The molecule has 2 N–H and O–H groups in total. The fourth-order valence-electron chi connectivity index (χ4n) is 6.62. The number of thioether (sulfide) groups is 1. The Labute approximate surface area is 191 Å². The number of carbonyl (C=O) groups excluding carboxylic acids is 2. The van der Waals surface area contributed by atoms with Gasteiger partial charge in [0.25, 0.3) is 0 Å². The molecule has 2 aliphatic heterocycles. The third kappa shape index (κ3) is 2.78. The first-order chi connectivity index (χ1) is 15.5. The molecule has 166 valence electrons. The topological polar surface area (TPSA) is 120 Å². The van der Waals surface area contributed by atoms with Crippen LogP contribution in [0.15, 0.2) is 34.3 Å². The lowest BCUT2D eigenvalue weighted by molar-refractivity contribution is -0.142. The summed E-state index contributed by atoms with van der Waals surface area (Å²) in [6, 6.07) is 3.92. The summed E-state index contributed by atoms with van der Waals surface area (Å²) in [5.41, 5.74) is 1.04. The van der Waals surface area contributed by atoms with Gasteiger partial charge >= 0.3 is 10.8 Å². The van der Waals surface area contributed by atoms with Crippen LogP contribution in [0.3, 0.4) is 0 Å². The number of H-pyrrole nitrogens is 1. The maximum Gasteiger partial charge on any atom is 0.305 e. The molecule has 2 aromatic rings. The number of carbonyl (C=O) groups is 3. The van der Waals surface area contributed by atoms with Crippen LogP contribution in [0.4, 0.5) is 0 Å². The van der Waals surface area contributed by atoms with Gasteiger partial charge in [-0.25, -0.2) is 0 Å². The maximum atomic E-state index is 13.3. The van der Waals surface area contributed by atoms with Gasteiger partial charge in [-0.1, -0.05) is 17.4 Å². The Bertz CT molecular complexity index is 1180. The van der Waals surface area contributed by atoms with Gasteiger partial charge in [0.15, 0.2) is 0 Å². The van der Waals surface area contributed by atoms with Gasteiger partial charge in [0.1, 0.15) is 0 Å². The lowest BCUT2D eigenvalue weighted by Gasteiger charge is -2.42. The molecular formula is C22H21N3O5S2. The number of hydrogen-bond acceptors (Lipinski definition) is 7. The van der Waals surface area contributed by atoms with E-state index in [0.717, 1.165) is 21.9 Å². The number of likely N-dealkylation sites (tertiary alicyclic amines) is 1. The van der Waals surface area contributed by atoms with Crippen molar-refractivity contribution in [3.8, 4) is 0 Å². The number of nitrogens with one attached hydrogen (secondary N) is 1. The number of carboxylic acids is 1. The van der Waals surface area contributed by atoms with E-state index in [1.54, 1.807) is 18.0 Å². The minimum atomic E-state index is -0.925. The Morgan fingerprint density at radius 3 is 2.72 bits per heavy atom. The Morgan fingerprint density at radius 1 is 1.22 bits per heavy atom. The van der Waals surface area contributed by atoms with Gasteiger partial charge in [-0.3, -0.25) is 29.1 Å². The monoisotopic (exact) mass is 471 g/mol. The quantitative estimate of drug-likeness (QED) is 0.641. The Morgan fingerprint density at radius 2 is 2.00 bits per heavy atom. The molecule has 10 heteroatoms. The van der Waals surface area contributed by atoms with Crippen LogP contribution in [0.5, 0.6) is 0 Å². The van der Waals surface area contributed by atoms with Gasteiger partial charge in [-0.05, 0) is 42.2 Å². The van der Waals surface area contributed by atoms with Crippen molar-refractivity contribution in [1.29, 1.82) is 0 Å². The smallest absolute Gasteiger partial charge is 0.305 e. The van der Waals surface area contributed by atoms with E-state index in [2.05, 4.69) is 9.97 Å². The van der Waals surface area contributed by atoms with Crippen molar-refractivity contribution in [2.45, 2.75) is 35.5 Å². The predicted octanol–water partition coefficient (Wildman–Crippen LogP) is 2.17. The number of thiazole rings is 1. The van der Waals surface area contributed by atoms with E-state index in [4.69, 9.17) is 5.11 Å². The highest BCUT2D eigenvalue weighted by molar-refractivity contribution is 8.00. The Hall–Kier alpha value is -2.46. The predicted molar refractivity (Wildman–Crippen MR) is 116 cm³/mol. The Balaban J connectivity index is 1.37. The van der Waals surface area contributed by atoms with Crippen LogP contribution in [0.25, 0.3) is 0 Å². The number of pyridine rings is 1. The number of fused-ring (bicyclic) bond motifs is 9. The molecule has 0 aromatic carbocycles. The van der Waals surface area contributed by atoms with E-state index >= 15 is 0 Å². The maximum absolute atomic E-state index is 13.3. The van der Waals surface area contributed by atoms with Gasteiger partial charge in [0.2, 0.25) is 11.8 Å². The van der Waals surface area contributed by atoms with E-state index in [1.807, 2.05) is 18.3 Å². The van der Waals surface area contributed by atoms with Crippen LogP contribution in [0.1, 0.15) is 35.6 Å². The molecular weight excluding hydrogens is 450 g/mol. The number of aromatic nitrogens is 2. The summed E-state index contributed by atoms with van der Waals surface area (Å²) in [7, 11) is 0. The number of aromatic amines is 1. The molecule has 1 saturated heterocycles. The molecule has 3 fully saturated rings. The molecule has 4 heterocycles. The molecule has 0 spiro atoms. The SMILES string of the molecule is O=C(O)CCCN1C(=O)[C@@H]2[C@H]3C[C@@H]([C@@H]2C1=O)[C@@H]1[C@H](c2cccnc2)c2sc(=O)[nH]c2S[C@H]31. The van der Waals surface area contributed by atoms with Crippen LogP contribution < -0.4 is 4.87 Å². The first-order valence-electron chi connectivity index (χ1n) is 10.8. The molecule has 2 amide bonds. The van der Waals surface area contributed by atoms with Crippen LogP contribution in [-0.2, 0) is 14.4 Å². The van der Waals surface area contributed by atoms with Crippen LogP contribution in [0.2, 0.25) is 0 Å². The highest BCUT2D eigenvalue weighted by Crippen LogP contribution is 2.68. The third-order valence-electron chi connectivity index (χ3n) is 7.63. The van der Waals surface area contributed by atoms with Crippen molar-refractivity contribution in [2.24, 2.45) is 29.6 Å². The minimum Gasteiger partial charge on any atom is -0.481 e. The number of aliphatic carboxylic acids is 1. The zero-order valence-electron chi connectivity index (χ0n) is 17.0.